The van der Waals surface area contributed by atoms with Crippen molar-refractivity contribution in [3.8, 4) is 0 Å². The molecule has 0 aliphatic heterocycles. The predicted molar refractivity (Wildman–Crippen MR) is 112 cm³/mol. The highest BCUT2D eigenvalue weighted by Crippen LogP contribution is 2.19. The van der Waals surface area contributed by atoms with E-state index >= 15 is 0 Å². The number of hydrogen-bond donors (Lipinski definition) is 1. The highest BCUT2D eigenvalue weighted by molar-refractivity contribution is 5.94. The fourth-order valence-corrected chi connectivity index (χ4v) is 3.45. The number of imidazole rings is 1. The fourth-order valence-electron chi connectivity index (χ4n) is 3.45. The number of fused-ring (bicyclic) bond motifs is 1. The van der Waals surface area contributed by atoms with Crippen LogP contribution in [-0.4, -0.2) is 22.0 Å². The summed E-state index contributed by atoms with van der Waals surface area (Å²) in [6, 6.07) is 22.6. The van der Waals surface area contributed by atoms with Crippen LogP contribution in [0, 0.1) is 0 Å². The van der Waals surface area contributed by atoms with E-state index in [2.05, 4.69) is 52.8 Å². The molecule has 0 unspecified atom stereocenters. The van der Waals surface area contributed by atoms with Crippen molar-refractivity contribution in [3.05, 3.63) is 102 Å². The van der Waals surface area contributed by atoms with Crippen molar-refractivity contribution in [1.82, 2.24) is 14.9 Å². The van der Waals surface area contributed by atoms with Crippen molar-refractivity contribution in [1.29, 1.82) is 0 Å². The van der Waals surface area contributed by atoms with Crippen LogP contribution in [-0.2, 0) is 13.0 Å². The van der Waals surface area contributed by atoms with Gasteiger partial charge in [-0.3, -0.25) is 4.79 Å². The number of nitrogens with zero attached hydrogens (tertiary/aromatic N) is 2. The third kappa shape index (κ3) is 4.29. The molecule has 0 saturated carbocycles. The number of nitrogens with one attached hydrogen (secondary N) is 1. The van der Waals surface area contributed by atoms with Gasteiger partial charge < -0.3 is 9.88 Å². The van der Waals surface area contributed by atoms with Crippen LogP contribution < -0.4 is 5.32 Å². The Hall–Kier alpha value is -3.40. The molecule has 0 saturated heterocycles. The number of hydrogen-bond acceptors (Lipinski definition) is 2. The lowest BCUT2D eigenvalue weighted by atomic mass is 10.0. The summed E-state index contributed by atoms with van der Waals surface area (Å²) < 4.78 is 2.00. The van der Waals surface area contributed by atoms with Gasteiger partial charge in [-0.2, -0.15) is 0 Å². The van der Waals surface area contributed by atoms with E-state index < -0.39 is 0 Å². The predicted octanol–water partition coefficient (Wildman–Crippen LogP) is 4.45. The Labute approximate surface area is 164 Å². The first-order valence-electron chi connectivity index (χ1n) is 9.59. The van der Waals surface area contributed by atoms with E-state index in [-0.39, 0.29) is 5.91 Å². The molecule has 0 atom stereocenters. The maximum atomic E-state index is 12.4. The SMILES string of the molecule is O=C(NCCCc1cccc2ccccc12)c1ccc(Cn2ccnc2)cc1. The minimum absolute atomic E-state index is 0.0212. The van der Waals surface area contributed by atoms with Gasteiger partial charge in [0.05, 0.1) is 6.33 Å². The number of rotatable bonds is 7. The molecule has 0 fully saturated rings. The molecule has 140 valence electrons. The molecule has 0 aliphatic rings. The number of carbonyl (C=O) groups excluding carboxylic acids is 1. The molecule has 4 heteroatoms. The lowest BCUT2D eigenvalue weighted by Crippen LogP contribution is -2.24. The van der Waals surface area contributed by atoms with Gasteiger partial charge in [-0.05, 0) is 46.9 Å². The van der Waals surface area contributed by atoms with Crippen LogP contribution in [0.4, 0.5) is 0 Å². The Kier molecular flexibility index (Phi) is 5.48. The van der Waals surface area contributed by atoms with Crippen LogP contribution in [0.15, 0.2) is 85.5 Å². The van der Waals surface area contributed by atoms with Crippen LogP contribution in [0.5, 0.6) is 0 Å². The summed E-state index contributed by atoms with van der Waals surface area (Å²) in [5, 5.41) is 5.59. The zero-order valence-corrected chi connectivity index (χ0v) is 15.7. The highest BCUT2D eigenvalue weighted by atomic mass is 16.1. The molecule has 4 rings (SSSR count). The van der Waals surface area contributed by atoms with Gasteiger partial charge in [0.1, 0.15) is 0 Å². The molecule has 0 aliphatic carbocycles. The number of aromatic nitrogens is 2. The van der Waals surface area contributed by atoms with Crippen molar-refractivity contribution in [2.24, 2.45) is 0 Å². The molecule has 0 radical (unpaired) electrons. The average molecular weight is 369 g/mol. The summed E-state index contributed by atoms with van der Waals surface area (Å²) in [5.41, 5.74) is 3.17. The van der Waals surface area contributed by atoms with Gasteiger partial charge in [-0.1, -0.05) is 54.6 Å². The number of benzene rings is 3. The second kappa shape index (κ2) is 8.53. The lowest BCUT2D eigenvalue weighted by molar-refractivity contribution is 0.0953. The van der Waals surface area contributed by atoms with Crippen molar-refractivity contribution < 1.29 is 4.79 Å². The summed E-state index contributed by atoms with van der Waals surface area (Å²) in [4.78, 5) is 16.4. The zero-order chi connectivity index (χ0) is 19.2. The standard InChI is InChI=1S/C24H23N3O/c28-24(22-12-10-19(11-13-22)17-27-16-15-25-18-27)26-14-4-8-21-7-3-6-20-5-1-2-9-23(20)21/h1-3,5-7,9-13,15-16,18H,4,8,14,17H2,(H,26,28). The molecule has 4 aromatic rings. The Morgan fingerprint density at radius 1 is 0.964 bits per heavy atom. The van der Waals surface area contributed by atoms with Crippen LogP contribution in [0.3, 0.4) is 0 Å². The minimum atomic E-state index is -0.0212. The van der Waals surface area contributed by atoms with Gasteiger partial charge in [0.25, 0.3) is 5.91 Å². The number of amides is 1. The summed E-state index contributed by atoms with van der Waals surface area (Å²) in [5.74, 6) is -0.0212. The van der Waals surface area contributed by atoms with Crippen molar-refractivity contribution >= 4 is 16.7 Å². The summed E-state index contributed by atoms with van der Waals surface area (Å²) >= 11 is 0. The van der Waals surface area contributed by atoms with Crippen molar-refractivity contribution in [3.63, 3.8) is 0 Å². The minimum Gasteiger partial charge on any atom is -0.352 e. The Bertz CT molecular complexity index is 1050. The van der Waals surface area contributed by atoms with Crippen molar-refractivity contribution in [2.45, 2.75) is 19.4 Å². The van der Waals surface area contributed by atoms with Gasteiger partial charge in [0.15, 0.2) is 0 Å². The van der Waals surface area contributed by atoms with E-state index in [1.165, 1.54) is 16.3 Å². The lowest BCUT2D eigenvalue weighted by Gasteiger charge is -2.08. The Balaban J connectivity index is 1.28. The van der Waals surface area contributed by atoms with Gasteiger partial charge in [0.2, 0.25) is 0 Å². The van der Waals surface area contributed by atoms with E-state index in [0.717, 1.165) is 24.9 Å². The highest BCUT2D eigenvalue weighted by Gasteiger charge is 2.06. The second-order valence-electron chi connectivity index (χ2n) is 6.93. The van der Waals surface area contributed by atoms with Gasteiger partial charge in [0, 0.05) is 31.0 Å². The van der Waals surface area contributed by atoms with Gasteiger partial charge >= 0.3 is 0 Å². The maximum absolute atomic E-state index is 12.4. The molecule has 1 amide bonds. The monoisotopic (exact) mass is 369 g/mol. The second-order valence-corrected chi connectivity index (χ2v) is 6.93. The number of aryl methyl sites for hydroxylation is 1. The summed E-state index contributed by atoms with van der Waals surface area (Å²) in [7, 11) is 0. The van der Waals surface area contributed by atoms with E-state index in [1.54, 1.807) is 12.5 Å². The zero-order valence-electron chi connectivity index (χ0n) is 15.7. The third-order valence-electron chi connectivity index (χ3n) is 4.93. The largest absolute Gasteiger partial charge is 0.352 e. The van der Waals surface area contributed by atoms with Crippen molar-refractivity contribution in [2.75, 3.05) is 6.54 Å². The Morgan fingerprint density at radius 2 is 1.79 bits per heavy atom. The molecule has 4 nitrogen and oxygen atoms in total. The summed E-state index contributed by atoms with van der Waals surface area (Å²) in [6.07, 6.45) is 7.34. The third-order valence-corrected chi connectivity index (χ3v) is 4.93. The summed E-state index contributed by atoms with van der Waals surface area (Å²) in [6.45, 7) is 1.42. The fraction of sp³-hybridized carbons (Fsp3) is 0.167. The maximum Gasteiger partial charge on any atom is 0.251 e. The molecular weight excluding hydrogens is 346 g/mol. The van der Waals surface area contributed by atoms with E-state index in [9.17, 15) is 4.79 Å². The molecule has 0 bridgehead atoms. The van der Waals surface area contributed by atoms with Crippen LogP contribution in [0.2, 0.25) is 0 Å². The smallest absolute Gasteiger partial charge is 0.251 e. The molecule has 28 heavy (non-hydrogen) atoms. The topological polar surface area (TPSA) is 46.9 Å². The van der Waals surface area contributed by atoms with Gasteiger partial charge in [-0.15, -0.1) is 0 Å². The first-order valence-corrected chi connectivity index (χ1v) is 9.59. The average Bonchev–Trinajstić information content (AvgIpc) is 3.25. The normalized spacial score (nSPS) is 10.9. The van der Waals surface area contributed by atoms with E-state index in [0.29, 0.717) is 12.1 Å². The quantitative estimate of drug-likeness (QED) is 0.489. The first kappa shape index (κ1) is 18.0. The molecule has 1 heterocycles. The van der Waals surface area contributed by atoms with Crippen LogP contribution in [0.1, 0.15) is 27.9 Å². The molecule has 0 spiro atoms. The molecular formula is C24H23N3O. The van der Waals surface area contributed by atoms with Gasteiger partial charge in [-0.25, -0.2) is 4.98 Å². The van der Waals surface area contributed by atoms with Crippen LogP contribution >= 0.6 is 0 Å². The number of carbonyl (C=O) groups is 1. The van der Waals surface area contributed by atoms with E-state index in [1.807, 2.05) is 35.0 Å². The molecule has 1 N–H and O–H groups in total. The molecule has 1 aromatic heterocycles. The first-order chi connectivity index (χ1) is 13.8. The van der Waals surface area contributed by atoms with Crippen LogP contribution in [0.25, 0.3) is 10.8 Å². The Morgan fingerprint density at radius 3 is 2.61 bits per heavy atom. The molecule has 3 aromatic carbocycles. The van der Waals surface area contributed by atoms with E-state index in [4.69, 9.17) is 0 Å².